The Balaban J connectivity index is 1.64. The van der Waals surface area contributed by atoms with Crippen molar-refractivity contribution in [2.45, 2.75) is 24.9 Å². The van der Waals surface area contributed by atoms with Crippen LogP contribution < -0.4 is 15.4 Å². The lowest BCUT2D eigenvalue weighted by Crippen LogP contribution is -2.42. The molecule has 0 heterocycles. The van der Waals surface area contributed by atoms with E-state index in [2.05, 4.69) is 10.6 Å². The van der Waals surface area contributed by atoms with Crippen LogP contribution in [0.3, 0.4) is 0 Å². The van der Waals surface area contributed by atoms with E-state index in [1.807, 2.05) is 54.6 Å². The molecular weight excluding hydrogens is 354 g/mol. The number of nitrogens with one attached hydrogen (secondary N) is 2. The molecule has 0 spiro atoms. The van der Waals surface area contributed by atoms with Gasteiger partial charge in [0.1, 0.15) is 5.75 Å². The maximum absolute atomic E-state index is 12.6. The van der Waals surface area contributed by atoms with E-state index in [0.29, 0.717) is 6.04 Å². The van der Waals surface area contributed by atoms with Crippen LogP contribution in [-0.4, -0.2) is 50.0 Å². The minimum atomic E-state index is -0.270. The second-order valence-corrected chi connectivity index (χ2v) is 7.20. The maximum Gasteiger partial charge on any atom is 0.234 e. The molecule has 0 radical (unpaired) electrons. The summed E-state index contributed by atoms with van der Waals surface area (Å²) in [7, 11) is 3.40. The molecule has 1 aliphatic rings. The van der Waals surface area contributed by atoms with E-state index in [4.69, 9.17) is 4.74 Å². The van der Waals surface area contributed by atoms with E-state index in [1.54, 1.807) is 19.1 Å². The van der Waals surface area contributed by atoms with Crippen LogP contribution in [0, 0.1) is 0 Å². The number of methoxy groups -OCH3 is 1. The Kier molecular flexibility index (Phi) is 6.66. The topological polar surface area (TPSA) is 70.7 Å². The van der Waals surface area contributed by atoms with E-state index in [9.17, 15) is 9.59 Å². The molecule has 6 nitrogen and oxygen atoms in total. The summed E-state index contributed by atoms with van der Waals surface area (Å²) in [6.07, 6.45) is 2.10. The summed E-state index contributed by atoms with van der Waals surface area (Å²) in [5.41, 5.74) is 1.96. The Labute approximate surface area is 165 Å². The molecule has 148 valence electrons. The number of carbonyl (C=O) groups is 2. The average molecular weight is 381 g/mol. The molecule has 1 saturated carbocycles. The molecule has 1 fully saturated rings. The van der Waals surface area contributed by atoms with Crippen LogP contribution in [0.5, 0.6) is 5.75 Å². The predicted octanol–water partition coefficient (Wildman–Crippen LogP) is 2.11. The van der Waals surface area contributed by atoms with Crippen LogP contribution in [0.2, 0.25) is 0 Å². The third kappa shape index (κ3) is 5.82. The van der Waals surface area contributed by atoms with E-state index in [-0.39, 0.29) is 30.9 Å². The van der Waals surface area contributed by atoms with Gasteiger partial charge in [-0.25, -0.2) is 0 Å². The summed E-state index contributed by atoms with van der Waals surface area (Å²) in [6.45, 7) is 0.361. The van der Waals surface area contributed by atoms with E-state index in [0.717, 1.165) is 29.7 Å². The zero-order valence-electron chi connectivity index (χ0n) is 16.4. The third-order valence-electron chi connectivity index (χ3n) is 4.66. The molecule has 0 unspecified atom stereocenters. The molecule has 0 aliphatic heterocycles. The highest BCUT2D eigenvalue weighted by Crippen LogP contribution is 2.24. The van der Waals surface area contributed by atoms with Gasteiger partial charge in [0.25, 0.3) is 0 Å². The second-order valence-electron chi connectivity index (χ2n) is 7.20. The highest BCUT2D eigenvalue weighted by atomic mass is 16.5. The number of ether oxygens (including phenoxy) is 1. The van der Waals surface area contributed by atoms with Gasteiger partial charge >= 0.3 is 0 Å². The second kappa shape index (κ2) is 9.37. The molecule has 1 aliphatic carbocycles. The van der Waals surface area contributed by atoms with Gasteiger partial charge in [-0.2, -0.15) is 0 Å². The molecule has 1 atom stereocenters. The fourth-order valence-corrected chi connectivity index (χ4v) is 3.05. The average Bonchev–Trinajstić information content (AvgIpc) is 3.50. The normalized spacial score (nSPS) is 14.4. The molecule has 0 saturated heterocycles. The monoisotopic (exact) mass is 381 g/mol. The van der Waals surface area contributed by atoms with Crippen molar-refractivity contribution in [2.24, 2.45) is 0 Å². The van der Waals surface area contributed by atoms with Gasteiger partial charge in [0, 0.05) is 6.04 Å². The molecule has 0 bridgehead atoms. The largest absolute Gasteiger partial charge is 0.497 e. The van der Waals surface area contributed by atoms with Crippen molar-refractivity contribution in [3.05, 3.63) is 65.7 Å². The summed E-state index contributed by atoms with van der Waals surface area (Å²) >= 11 is 0. The quantitative estimate of drug-likeness (QED) is 0.698. The third-order valence-corrected chi connectivity index (χ3v) is 4.66. The molecule has 2 amide bonds. The summed E-state index contributed by atoms with van der Waals surface area (Å²) in [5, 5.41) is 6.03. The lowest BCUT2D eigenvalue weighted by atomic mass is 9.98. The predicted molar refractivity (Wildman–Crippen MR) is 108 cm³/mol. The van der Waals surface area contributed by atoms with E-state index < -0.39 is 0 Å². The number of hydrogen-bond donors (Lipinski definition) is 2. The molecular formula is C22H27N3O3. The van der Waals surface area contributed by atoms with Crippen LogP contribution in [0.15, 0.2) is 54.6 Å². The molecule has 2 aromatic carbocycles. The fraction of sp³-hybridized carbons (Fsp3) is 0.364. The zero-order valence-corrected chi connectivity index (χ0v) is 16.4. The van der Waals surface area contributed by atoms with Crippen LogP contribution >= 0.6 is 0 Å². The van der Waals surface area contributed by atoms with E-state index >= 15 is 0 Å². The number of carbonyl (C=O) groups excluding carboxylic acids is 2. The Bertz CT molecular complexity index is 788. The first-order chi connectivity index (χ1) is 13.5. The van der Waals surface area contributed by atoms with Crippen molar-refractivity contribution in [2.75, 3.05) is 27.2 Å². The van der Waals surface area contributed by atoms with Crippen molar-refractivity contribution >= 4 is 11.8 Å². The van der Waals surface area contributed by atoms with Gasteiger partial charge in [0.2, 0.25) is 11.8 Å². The van der Waals surface area contributed by atoms with Crippen LogP contribution in [-0.2, 0) is 9.59 Å². The van der Waals surface area contributed by atoms with Crippen molar-refractivity contribution in [1.29, 1.82) is 0 Å². The number of hydrogen-bond acceptors (Lipinski definition) is 4. The molecule has 6 heteroatoms. The lowest BCUT2D eigenvalue weighted by Gasteiger charge is -2.22. The first-order valence-electron chi connectivity index (χ1n) is 9.51. The van der Waals surface area contributed by atoms with Gasteiger partial charge in [0.05, 0.1) is 26.2 Å². The van der Waals surface area contributed by atoms with Gasteiger partial charge in [-0.05, 0) is 43.1 Å². The number of amides is 2. The standard InChI is InChI=1S/C22H27N3O3/c1-25(14-20(26)23-18-10-11-18)15-21(27)24-22(16-6-4-3-5-7-16)17-8-12-19(28-2)13-9-17/h3-9,12-13,18,22H,10-11,14-15H2,1-2H3,(H,23,26)(H,24,27)/t22-/m0/s1. The SMILES string of the molecule is COc1ccc([C@@H](NC(=O)CN(C)CC(=O)NC2CC2)c2ccccc2)cc1. The van der Waals surface area contributed by atoms with Gasteiger partial charge in [-0.3, -0.25) is 14.5 Å². The Morgan fingerprint density at radius 3 is 2.21 bits per heavy atom. The summed E-state index contributed by atoms with van der Waals surface area (Å²) < 4.78 is 5.23. The van der Waals surface area contributed by atoms with Gasteiger partial charge in [-0.1, -0.05) is 42.5 Å². The highest BCUT2D eigenvalue weighted by Gasteiger charge is 2.24. The summed E-state index contributed by atoms with van der Waals surface area (Å²) in [6, 6.07) is 17.5. The van der Waals surface area contributed by atoms with Crippen molar-refractivity contribution < 1.29 is 14.3 Å². The van der Waals surface area contributed by atoms with E-state index in [1.165, 1.54) is 0 Å². The Morgan fingerprint density at radius 1 is 1.00 bits per heavy atom. The van der Waals surface area contributed by atoms with Crippen LogP contribution in [0.25, 0.3) is 0 Å². The highest BCUT2D eigenvalue weighted by molar-refractivity contribution is 5.81. The molecule has 2 N–H and O–H groups in total. The Hall–Kier alpha value is -2.86. The number of likely N-dealkylation sites (N-methyl/N-ethyl adjacent to an activating group) is 1. The van der Waals surface area contributed by atoms with Gasteiger partial charge in [0.15, 0.2) is 0 Å². The molecule has 2 aromatic rings. The lowest BCUT2D eigenvalue weighted by molar-refractivity contribution is -0.124. The van der Waals surface area contributed by atoms with Gasteiger partial charge in [-0.15, -0.1) is 0 Å². The van der Waals surface area contributed by atoms with Crippen molar-refractivity contribution in [1.82, 2.24) is 15.5 Å². The molecule has 28 heavy (non-hydrogen) atoms. The zero-order chi connectivity index (χ0) is 19.9. The van der Waals surface area contributed by atoms with Gasteiger partial charge < -0.3 is 15.4 Å². The summed E-state index contributed by atoms with van der Waals surface area (Å²) in [5.74, 6) is 0.599. The first-order valence-corrected chi connectivity index (χ1v) is 9.51. The minimum absolute atomic E-state index is 0.0347. The first kappa shape index (κ1) is 19.9. The van der Waals surface area contributed by atoms with Crippen molar-refractivity contribution in [3.63, 3.8) is 0 Å². The smallest absolute Gasteiger partial charge is 0.234 e. The summed E-state index contributed by atoms with van der Waals surface area (Å²) in [4.78, 5) is 26.3. The number of rotatable bonds is 9. The van der Waals surface area contributed by atoms with Crippen LogP contribution in [0.4, 0.5) is 0 Å². The number of nitrogens with zero attached hydrogens (tertiary/aromatic N) is 1. The Morgan fingerprint density at radius 2 is 1.61 bits per heavy atom. The van der Waals surface area contributed by atoms with Crippen molar-refractivity contribution in [3.8, 4) is 5.75 Å². The molecule has 0 aromatic heterocycles. The fourth-order valence-electron chi connectivity index (χ4n) is 3.05. The van der Waals surface area contributed by atoms with Crippen LogP contribution in [0.1, 0.15) is 30.0 Å². The number of benzene rings is 2. The molecule has 3 rings (SSSR count). The minimum Gasteiger partial charge on any atom is -0.497 e. The maximum atomic E-state index is 12.6.